The summed E-state index contributed by atoms with van der Waals surface area (Å²) in [5, 5.41) is 3.51. The average molecular weight is 283 g/mol. The van der Waals surface area contributed by atoms with Gasteiger partial charge >= 0.3 is 0 Å². The molecule has 0 saturated heterocycles. The van der Waals surface area contributed by atoms with E-state index in [2.05, 4.69) is 16.9 Å². The summed E-state index contributed by atoms with van der Waals surface area (Å²) in [6.07, 6.45) is 0. The maximum atomic E-state index is 11.4. The molecule has 0 fully saturated rings. The molecule has 1 aromatic carbocycles. The Morgan fingerprint density at radius 3 is 3.00 bits per heavy atom. The van der Waals surface area contributed by atoms with Gasteiger partial charge in [-0.1, -0.05) is 42.1 Å². The molecule has 94 valence electrons. The summed E-state index contributed by atoms with van der Waals surface area (Å²) in [5.41, 5.74) is 1.50. The number of para-hydroxylation sites is 2. The molecule has 0 aliphatic rings. The molecule has 4 nitrogen and oxygen atoms in total. The Balaban J connectivity index is 1.90. The van der Waals surface area contributed by atoms with Crippen LogP contribution in [0.3, 0.4) is 0 Å². The number of amides is 1. The fourth-order valence-corrected chi connectivity index (χ4v) is 2.02. The SMILES string of the molecule is C=C(Cl)CNC(=O)CSc1nc2ccccc2o1. The summed E-state index contributed by atoms with van der Waals surface area (Å²) in [6.45, 7) is 3.76. The van der Waals surface area contributed by atoms with Crippen LogP contribution in [-0.2, 0) is 4.79 Å². The number of rotatable bonds is 5. The minimum absolute atomic E-state index is 0.135. The second-order valence-corrected chi connectivity index (χ2v) is 4.99. The van der Waals surface area contributed by atoms with Crippen molar-refractivity contribution >= 4 is 40.4 Å². The van der Waals surface area contributed by atoms with Gasteiger partial charge in [0, 0.05) is 5.03 Å². The van der Waals surface area contributed by atoms with E-state index in [1.54, 1.807) is 0 Å². The van der Waals surface area contributed by atoms with E-state index in [-0.39, 0.29) is 18.2 Å². The quantitative estimate of drug-likeness (QED) is 0.857. The second kappa shape index (κ2) is 5.93. The number of hydrogen-bond acceptors (Lipinski definition) is 4. The largest absolute Gasteiger partial charge is 0.431 e. The molecule has 0 spiro atoms. The molecule has 0 saturated carbocycles. The highest BCUT2D eigenvalue weighted by Gasteiger charge is 2.08. The molecule has 0 unspecified atom stereocenters. The van der Waals surface area contributed by atoms with Gasteiger partial charge in [-0.15, -0.1) is 0 Å². The average Bonchev–Trinajstić information content (AvgIpc) is 2.76. The number of fused-ring (bicyclic) bond motifs is 1. The number of carbonyl (C=O) groups excluding carboxylic acids is 1. The van der Waals surface area contributed by atoms with Gasteiger partial charge in [0.2, 0.25) is 5.91 Å². The van der Waals surface area contributed by atoms with Gasteiger partial charge in [-0.25, -0.2) is 4.98 Å². The highest BCUT2D eigenvalue weighted by atomic mass is 35.5. The lowest BCUT2D eigenvalue weighted by molar-refractivity contribution is -0.118. The van der Waals surface area contributed by atoms with Crippen LogP contribution in [0.5, 0.6) is 0 Å². The van der Waals surface area contributed by atoms with Crippen LogP contribution in [0.1, 0.15) is 0 Å². The first-order valence-electron chi connectivity index (χ1n) is 5.23. The van der Waals surface area contributed by atoms with Crippen LogP contribution in [0.25, 0.3) is 11.1 Å². The van der Waals surface area contributed by atoms with Crippen LogP contribution in [0.2, 0.25) is 0 Å². The molecule has 1 heterocycles. The Hall–Kier alpha value is -1.46. The summed E-state index contributed by atoms with van der Waals surface area (Å²) < 4.78 is 5.47. The third kappa shape index (κ3) is 3.51. The predicted octanol–water partition coefficient (Wildman–Crippen LogP) is 2.79. The van der Waals surface area contributed by atoms with E-state index >= 15 is 0 Å². The maximum Gasteiger partial charge on any atom is 0.257 e. The summed E-state index contributed by atoms with van der Waals surface area (Å²) >= 11 is 6.79. The lowest BCUT2D eigenvalue weighted by Crippen LogP contribution is -2.26. The normalized spacial score (nSPS) is 10.5. The fourth-order valence-electron chi connectivity index (χ4n) is 1.29. The van der Waals surface area contributed by atoms with Crippen LogP contribution in [0.15, 0.2) is 45.5 Å². The third-order valence-corrected chi connectivity index (χ3v) is 3.04. The van der Waals surface area contributed by atoms with Crippen molar-refractivity contribution in [3.63, 3.8) is 0 Å². The number of halogens is 1. The van der Waals surface area contributed by atoms with Crippen molar-refractivity contribution in [3.8, 4) is 0 Å². The smallest absolute Gasteiger partial charge is 0.257 e. The van der Waals surface area contributed by atoms with Crippen molar-refractivity contribution in [1.82, 2.24) is 10.3 Å². The van der Waals surface area contributed by atoms with Gasteiger partial charge in [0.05, 0.1) is 12.3 Å². The van der Waals surface area contributed by atoms with E-state index in [0.717, 1.165) is 11.1 Å². The Kier molecular flexibility index (Phi) is 4.28. The zero-order valence-electron chi connectivity index (χ0n) is 9.48. The Bertz CT molecular complexity index is 549. The van der Waals surface area contributed by atoms with Crippen LogP contribution >= 0.6 is 23.4 Å². The molecule has 0 aliphatic heterocycles. The van der Waals surface area contributed by atoms with Crippen molar-refractivity contribution < 1.29 is 9.21 Å². The van der Waals surface area contributed by atoms with Crippen molar-refractivity contribution in [2.24, 2.45) is 0 Å². The molecule has 2 rings (SSSR count). The molecule has 2 aromatic rings. The maximum absolute atomic E-state index is 11.4. The second-order valence-electron chi connectivity index (χ2n) is 3.53. The van der Waals surface area contributed by atoms with Crippen molar-refractivity contribution in [1.29, 1.82) is 0 Å². The lowest BCUT2D eigenvalue weighted by Gasteiger charge is -2.01. The third-order valence-electron chi connectivity index (χ3n) is 2.08. The lowest BCUT2D eigenvalue weighted by atomic mass is 10.3. The van der Waals surface area contributed by atoms with Crippen LogP contribution in [0, 0.1) is 0 Å². The molecule has 18 heavy (non-hydrogen) atoms. The molecule has 1 amide bonds. The van der Waals surface area contributed by atoms with Crippen molar-refractivity contribution in [3.05, 3.63) is 35.9 Å². The number of thioether (sulfide) groups is 1. The van der Waals surface area contributed by atoms with E-state index in [9.17, 15) is 4.79 Å². The number of carbonyl (C=O) groups is 1. The first-order valence-corrected chi connectivity index (χ1v) is 6.60. The predicted molar refractivity (Wildman–Crippen MR) is 72.7 cm³/mol. The van der Waals surface area contributed by atoms with E-state index < -0.39 is 0 Å². The molecule has 0 aliphatic carbocycles. The molecule has 1 N–H and O–H groups in total. The van der Waals surface area contributed by atoms with Gasteiger partial charge in [-0.2, -0.15) is 0 Å². The standard InChI is InChI=1S/C12H11ClN2O2S/c1-8(13)6-14-11(16)7-18-12-15-9-4-2-3-5-10(9)17-12/h2-5H,1,6-7H2,(H,14,16). The Morgan fingerprint density at radius 1 is 1.50 bits per heavy atom. The number of oxazole rings is 1. The van der Waals surface area contributed by atoms with Gasteiger partial charge in [-0.3, -0.25) is 4.79 Å². The first kappa shape index (κ1) is 13.0. The minimum atomic E-state index is -0.135. The van der Waals surface area contributed by atoms with Gasteiger partial charge in [0.25, 0.3) is 5.22 Å². The van der Waals surface area contributed by atoms with Gasteiger partial charge in [-0.05, 0) is 12.1 Å². The number of aromatic nitrogens is 1. The number of nitrogens with zero attached hydrogens (tertiary/aromatic N) is 1. The summed E-state index contributed by atoms with van der Waals surface area (Å²) in [7, 11) is 0. The molecule has 6 heteroatoms. The Labute approximate surface area is 113 Å². The first-order chi connectivity index (χ1) is 8.65. The van der Waals surface area contributed by atoms with E-state index in [4.69, 9.17) is 16.0 Å². The van der Waals surface area contributed by atoms with E-state index in [1.165, 1.54) is 11.8 Å². The van der Waals surface area contributed by atoms with Gasteiger partial charge < -0.3 is 9.73 Å². The Morgan fingerprint density at radius 2 is 2.28 bits per heavy atom. The molecular formula is C12H11ClN2O2S. The van der Waals surface area contributed by atoms with Crippen LogP contribution in [-0.4, -0.2) is 23.2 Å². The summed E-state index contributed by atoms with van der Waals surface area (Å²) in [5.74, 6) is 0.0980. The monoisotopic (exact) mass is 282 g/mol. The van der Waals surface area contributed by atoms with Crippen molar-refractivity contribution in [2.45, 2.75) is 5.22 Å². The summed E-state index contributed by atoms with van der Waals surface area (Å²) in [4.78, 5) is 15.7. The van der Waals surface area contributed by atoms with Crippen LogP contribution in [0.4, 0.5) is 0 Å². The topological polar surface area (TPSA) is 55.1 Å². The number of nitrogens with one attached hydrogen (secondary N) is 1. The zero-order chi connectivity index (χ0) is 13.0. The van der Waals surface area contributed by atoms with E-state index in [1.807, 2.05) is 24.3 Å². The van der Waals surface area contributed by atoms with Crippen LogP contribution < -0.4 is 5.32 Å². The summed E-state index contributed by atoms with van der Waals surface area (Å²) in [6, 6.07) is 7.46. The molecule has 1 aromatic heterocycles. The fraction of sp³-hybridized carbons (Fsp3) is 0.167. The molecular weight excluding hydrogens is 272 g/mol. The van der Waals surface area contributed by atoms with E-state index in [0.29, 0.717) is 10.3 Å². The van der Waals surface area contributed by atoms with Gasteiger partial charge in [0.1, 0.15) is 5.52 Å². The highest BCUT2D eigenvalue weighted by molar-refractivity contribution is 7.99. The highest BCUT2D eigenvalue weighted by Crippen LogP contribution is 2.22. The number of benzene rings is 1. The minimum Gasteiger partial charge on any atom is -0.431 e. The molecule has 0 bridgehead atoms. The molecule has 0 atom stereocenters. The molecule has 0 radical (unpaired) electrons. The van der Waals surface area contributed by atoms with Gasteiger partial charge in [0.15, 0.2) is 5.58 Å². The zero-order valence-corrected chi connectivity index (χ0v) is 11.1. The number of hydrogen-bond donors (Lipinski definition) is 1. The van der Waals surface area contributed by atoms with Crippen molar-refractivity contribution in [2.75, 3.05) is 12.3 Å².